The number of carbonyl (C=O) groups excluding carboxylic acids is 1. The van der Waals surface area contributed by atoms with Crippen LogP contribution in [0.5, 0.6) is 0 Å². The van der Waals surface area contributed by atoms with E-state index in [1.165, 1.54) is 12.1 Å². The van der Waals surface area contributed by atoms with Crippen LogP contribution in [0.1, 0.15) is 70.8 Å². The lowest BCUT2D eigenvalue weighted by atomic mass is 9.91. The third-order valence-electron chi connectivity index (χ3n) is 8.46. The van der Waals surface area contributed by atoms with Gasteiger partial charge in [-0.1, -0.05) is 32.8 Å². The Morgan fingerprint density at radius 1 is 1.23 bits per heavy atom. The molecule has 1 aromatic carbocycles. The molecular weight excluding hydrogens is 512 g/mol. The van der Waals surface area contributed by atoms with E-state index < -0.39 is 23.0 Å². The van der Waals surface area contributed by atoms with Crippen LogP contribution < -0.4 is 5.32 Å². The normalized spacial score (nSPS) is 21.4. The van der Waals surface area contributed by atoms with E-state index in [9.17, 15) is 24.8 Å². The first-order valence-corrected chi connectivity index (χ1v) is 14.7. The van der Waals surface area contributed by atoms with Crippen molar-refractivity contribution in [2.45, 2.75) is 89.9 Å². The number of ether oxygens (including phenoxy) is 1. The van der Waals surface area contributed by atoms with Crippen LogP contribution in [0.25, 0.3) is 0 Å². The van der Waals surface area contributed by atoms with E-state index in [0.717, 1.165) is 71.0 Å². The number of nitro groups is 1. The smallest absolute Gasteiger partial charge is 0.410 e. The molecule has 2 fully saturated rings. The van der Waals surface area contributed by atoms with Crippen molar-refractivity contribution < 1.29 is 24.4 Å². The molecule has 3 rings (SSSR count). The van der Waals surface area contributed by atoms with E-state index in [4.69, 9.17) is 4.74 Å². The molecule has 10 nitrogen and oxygen atoms in total. The van der Waals surface area contributed by atoms with Crippen molar-refractivity contribution in [1.82, 2.24) is 15.1 Å². The molecule has 0 radical (unpaired) electrons. The summed E-state index contributed by atoms with van der Waals surface area (Å²) in [6, 6.07) is 5.85. The Hall–Kier alpha value is -2.98. The molecule has 222 valence electrons. The molecule has 1 amide bonds. The fourth-order valence-corrected chi connectivity index (χ4v) is 6.26. The molecule has 0 bridgehead atoms. The maximum Gasteiger partial charge on any atom is 0.410 e. The molecule has 3 unspecified atom stereocenters. The summed E-state index contributed by atoms with van der Waals surface area (Å²) in [6.07, 6.45) is 8.93. The van der Waals surface area contributed by atoms with Crippen LogP contribution in [-0.2, 0) is 16.1 Å². The molecule has 1 aromatic rings. The minimum Gasteiger partial charge on any atom is -0.480 e. The number of amides is 1. The van der Waals surface area contributed by atoms with E-state index in [1.54, 1.807) is 23.1 Å². The molecule has 4 atom stereocenters. The van der Waals surface area contributed by atoms with E-state index in [-0.39, 0.29) is 30.3 Å². The highest BCUT2D eigenvalue weighted by Gasteiger charge is 2.34. The summed E-state index contributed by atoms with van der Waals surface area (Å²) in [5.41, 5.74) is 0.697. The quantitative estimate of drug-likeness (QED) is 0.170. The van der Waals surface area contributed by atoms with E-state index in [1.807, 2.05) is 0 Å². The van der Waals surface area contributed by atoms with Gasteiger partial charge in [-0.15, -0.1) is 6.58 Å². The predicted molar refractivity (Wildman–Crippen MR) is 154 cm³/mol. The molecule has 0 spiro atoms. The van der Waals surface area contributed by atoms with Crippen molar-refractivity contribution in [3.8, 4) is 0 Å². The third kappa shape index (κ3) is 9.02. The zero-order valence-electron chi connectivity index (χ0n) is 24.0. The number of nitro benzene ring substituents is 1. The lowest BCUT2D eigenvalue weighted by molar-refractivity contribution is -0.384. The van der Waals surface area contributed by atoms with Crippen LogP contribution >= 0.6 is 0 Å². The Bertz CT molecular complexity index is 979. The lowest BCUT2D eigenvalue weighted by Gasteiger charge is -2.38. The highest BCUT2D eigenvalue weighted by molar-refractivity contribution is 5.74. The number of carboxylic acid groups (broad SMARTS) is 1. The summed E-state index contributed by atoms with van der Waals surface area (Å²) >= 11 is 0. The number of likely N-dealkylation sites (tertiary alicyclic amines) is 1. The first kappa shape index (κ1) is 31.5. The lowest BCUT2D eigenvalue weighted by Crippen LogP contribution is -2.48. The van der Waals surface area contributed by atoms with Gasteiger partial charge in [0, 0.05) is 50.4 Å². The Kier molecular flexibility index (Phi) is 12.4. The van der Waals surface area contributed by atoms with Crippen LogP contribution in [-0.4, -0.2) is 76.2 Å². The van der Waals surface area contributed by atoms with Gasteiger partial charge in [-0.05, 0) is 68.1 Å². The summed E-state index contributed by atoms with van der Waals surface area (Å²) in [6.45, 7) is 11.2. The van der Waals surface area contributed by atoms with Gasteiger partial charge in [0.2, 0.25) is 0 Å². The first-order chi connectivity index (χ1) is 19.2. The van der Waals surface area contributed by atoms with Crippen molar-refractivity contribution in [1.29, 1.82) is 0 Å². The second kappa shape index (κ2) is 15.7. The topological polar surface area (TPSA) is 125 Å². The third-order valence-corrected chi connectivity index (χ3v) is 8.46. The fourth-order valence-electron chi connectivity index (χ4n) is 6.26. The van der Waals surface area contributed by atoms with Crippen molar-refractivity contribution in [3.05, 3.63) is 52.6 Å². The standard InChI is InChI=1S/C30H46N4O6/c1-4-7-24(6-3)28(29(35)36)31-25-11-8-23(19-25)20-32-17-14-26(15-18-32)33(16-5-2)30(37)40-21-22-9-12-27(13-10-22)34(38)39/h5,9-10,12-13,23-26,28,31H,2,4,6-8,11,14-21H2,1,3H3,(H,35,36)/t23-,24?,25?,28?/m1/s1. The second-order valence-corrected chi connectivity index (χ2v) is 11.3. The van der Waals surface area contributed by atoms with E-state index in [0.29, 0.717) is 18.0 Å². The van der Waals surface area contributed by atoms with Gasteiger partial charge in [0.15, 0.2) is 0 Å². The largest absolute Gasteiger partial charge is 0.480 e. The van der Waals surface area contributed by atoms with Crippen molar-refractivity contribution in [2.75, 3.05) is 26.2 Å². The molecule has 2 aliphatic rings. The van der Waals surface area contributed by atoms with Crippen molar-refractivity contribution in [3.63, 3.8) is 0 Å². The van der Waals surface area contributed by atoms with Gasteiger partial charge in [-0.25, -0.2) is 4.79 Å². The number of hydrogen-bond acceptors (Lipinski definition) is 7. The summed E-state index contributed by atoms with van der Waals surface area (Å²) in [4.78, 5) is 39.4. The van der Waals surface area contributed by atoms with Crippen molar-refractivity contribution in [2.24, 2.45) is 11.8 Å². The minimum absolute atomic E-state index is 0.000990. The molecule has 40 heavy (non-hydrogen) atoms. The number of non-ortho nitro benzene ring substituents is 1. The number of nitrogens with one attached hydrogen (secondary N) is 1. The van der Waals surface area contributed by atoms with E-state index >= 15 is 0 Å². The summed E-state index contributed by atoms with van der Waals surface area (Å²) < 4.78 is 5.54. The van der Waals surface area contributed by atoms with Crippen LogP contribution in [0.3, 0.4) is 0 Å². The zero-order valence-corrected chi connectivity index (χ0v) is 24.0. The van der Waals surface area contributed by atoms with Crippen LogP contribution in [0.4, 0.5) is 10.5 Å². The van der Waals surface area contributed by atoms with Gasteiger partial charge in [-0.3, -0.25) is 14.9 Å². The second-order valence-electron chi connectivity index (χ2n) is 11.3. The van der Waals surface area contributed by atoms with Gasteiger partial charge < -0.3 is 25.0 Å². The molecular formula is C30H46N4O6. The minimum atomic E-state index is -0.735. The predicted octanol–water partition coefficient (Wildman–Crippen LogP) is 5.22. The Morgan fingerprint density at radius 3 is 2.50 bits per heavy atom. The van der Waals surface area contributed by atoms with Crippen LogP contribution in [0.15, 0.2) is 36.9 Å². The Balaban J connectivity index is 1.44. The number of hydrogen-bond donors (Lipinski definition) is 2. The number of rotatable bonds is 15. The maximum atomic E-state index is 12.9. The average Bonchev–Trinajstić information content (AvgIpc) is 3.39. The zero-order chi connectivity index (χ0) is 29.1. The first-order valence-electron chi connectivity index (χ1n) is 14.7. The number of aliphatic carboxylic acids is 1. The highest BCUT2D eigenvalue weighted by Crippen LogP contribution is 2.30. The fraction of sp³-hybridized carbons (Fsp3) is 0.667. The van der Waals surface area contributed by atoms with Gasteiger partial charge in [0.05, 0.1) is 4.92 Å². The number of nitrogens with zero attached hydrogens (tertiary/aromatic N) is 3. The SMILES string of the molecule is C=CCN(C(=O)OCc1ccc([N+](=O)[O-])cc1)C1CCN(C[C@@H]2CCC(NC(C(=O)O)C(CC)CCC)C2)CC1. The van der Waals surface area contributed by atoms with Crippen LogP contribution in [0.2, 0.25) is 0 Å². The molecule has 1 aliphatic heterocycles. The molecule has 1 saturated carbocycles. The van der Waals surface area contributed by atoms with Gasteiger partial charge in [-0.2, -0.15) is 0 Å². The molecule has 1 aliphatic carbocycles. The number of carbonyl (C=O) groups is 2. The Labute approximate surface area is 237 Å². The van der Waals surface area contributed by atoms with Crippen molar-refractivity contribution >= 4 is 17.7 Å². The monoisotopic (exact) mass is 558 g/mol. The van der Waals surface area contributed by atoms with Crippen LogP contribution in [0, 0.1) is 22.0 Å². The average molecular weight is 559 g/mol. The maximum absolute atomic E-state index is 12.9. The van der Waals surface area contributed by atoms with Gasteiger partial charge in [0.25, 0.3) is 5.69 Å². The number of benzene rings is 1. The summed E-state index contributed by atoms with van der Waals surface area (Å²) in [5.74, 6) is -0.0215. The van der Waals surface area contributed by atoms with Gasteiger partial charge >= 0.3 is 12.1 Å². The molecule has 10 heteroatoms. The Morgan fingerprint density at radius 2 is 1.93 bits per heavy atom. The summed E-state index contributed by atoms with van der Waals surface area (Å²) in [7, 11) is 0. The summed E-state index contributed by atoms with van der Waals surface area (Å²) in [5, 5.41) is 24.1. The molecule has 1 heterocycles. The number of carboxylic acids is 1. The van der Waals surface area contributed by atoms with E-state index in [2.05, 4.69) is 30.6 Å². The highest BCUT2D eigenvalue weighted by atomic mass is 16.6. The number of piperidine rings is 1. The molecule has 0 aromatic heterocycles. The molecule has 1 saturated heterocycles. The van der Waals surface area contributed by atoms with Gasteiger partial charge in [0.1, 0.15) is 12.6 Å². The molecule has 2 N–H and O–H groups in total.